The van der Waals surface area contributed by atoms with Gasteiger partial charge in [-0.05, 0) is 25.9 Å². The van der Waals surface area contributed by atoms with Gasteiger partial charge in [-0.3, -0.25) is 0 Å². The number of nitrogens with zero attached hydrogens (tertiary/aromatic N) is 1. The fourth-order valence-electron chi connectivity index (χ4n) is 3.39. The van der Waals surface area contributed by atoms with Crippen molar-refractivity contribution in [2.45, 2.75) is 117 Å². The Kier molecular flexibility index (Phi) is 16.3. The minimum absolute atomic E-state index is 0.854. The number of hydrogen-bond donors (Lipinski definition) is 0. The van der Waals surface area contributed by atoms with E-state index in [1.54, 1.807) is 0 Å². The zero-order valence-corrected chi connectivity index (χ0v) is 15.6. The summed E-state index contributed by atoms with van der Waals surface area (Å²) in [5, 5.41) is 0. The SMILES string of the molecule is CCCCCCCCC(CCCCCCC)N(CC)CC. The normalized spacial score (nSPS) is 13.0. The Morgan fingerprint density at radius 3 is 1.29 bits per heavy atom. The van der Waals surface area contributed by atoms with Crippen LogP contribution in [-0.2, 0) is 0 Å². The van der Waals surface area contributed by atoms with Crippen LogP contribution >= 0.6 is 0 Å². The van der Waals surface area contributed by atoms with Crippen molar-refractivity contribution in [1.82, 2.24) is 4.90 Å². The van der Waals surface area contributed by atoms with Gasteiger partial charge in [0.05, 0.1) is 0 Å². The van der Waals surface area contributed by atoms with Crippen LogP contribution in [0.25, 0.3) is 0 Å². The molecule has 1 nitrogen and oxygen atoms in total. The van der Waals surface area contributed by atoms with E-state index in [1.807, 2.05) is 0 Å². The molecule has 0 aromatic carbocycles. The Balaban J connectivity index is 3.86. The van der Waals surface area contributed by atoms with Crippen LogP contribution < -0.4 is 0 Å². The molecule has 0 saturated heterocycles. The fraction of sp³-hybridized carbons (Fsp3) is 1.00. The first-order valence-electron chi connectivity index (χ1n) is 10.0. The van der Waals surface area contributed by atoms with Crippen LogP contribution in [0.3, 0.4) is 0 Å². The second-order valence-electron chi connectivity index (χ2n) is 6.63. The van der Waals surface area contributed by atoms with Crippen LogP contribution in [0.15, 0.2) is 0 Å². The molecule has 0 N–H and O–H groups in total. The summed E-state index contributed by atoms with van der Waals surface area (Å²) in [5.41, 5.74) is 0. The lowest BCUT2D eigenvalue weighted by Gasteiger charge is -2.30. The molecule has 0 aliphatic rings. The summed E-state index contributed by atoms with van der Waals surface area (Å²) >= 11 is 0. The van der Waals surface area contributed by atoms with Gasteiger partial charge in [0.15, 0.2) is 0 Å². The number of hydrogen-bond acceptors (Lipinski definition) is 1. The van der Waals surface area contributed by atoms with Crippen LogP contribution in [0.4, 0.5) is 0 Å². The smallest absolute Gasteiger partial charge is 0.00950 e. The molecule has 0 aromatic heterocycles. The fourth-order valence-corrected chi connectivity index (χ4v) is 3.39. The molecule has 0 rings (SSSR count). The summed E-state index contributed by atoms with van der Waals surface area (Å²) in [7, 11) is 0. The molecule has 1 unspecified atom stereocenters. The van der Waals surface area contributed by atoms with Gasteiger partial charge in [-0.25, -0.2) is 0 Å². The lowest BCUT2D eigenvalue weighted by Crippen LogP contribution is -2.35. The first-order chi connectivity index (χ1) is 10.3. The largest absolute Gasteiger partial charge is 0.301 e. The molecule has 0 spiro atoms. The van der Waals surface area contributed by atoms with Crippen molar-refractivity contribution in [2.75, 3.05) is 13.1 Å². The van der Waals surface area contributed by atoms with Crippen LogP contribution in [-0.4, -0.2) is 24.0 Å². The lowest BCUT2D eigenvalue weighted by atomic mass is 9.99. The van der Waals surface area contributed by atoms with Gasteiger partial charge in [-0.1, -0.05) is 98.3 Å². The molecule has 1 atom stereocenters. The molecule has 0 amide bonds. The maximum absolute atomic E-state index is 2.70. The maximum atomic E-state index is 2.70. The predicted molar refractivity (Wildman–Crippen MR) is 98.1 cm³/mol. The number of unbranched alkanes of at least 4 members (excludes halogenated alkanes) is 9. The molecule has 0 radical (unpaired) electrons. The average Bonchev–Trinajstić information content (AvgIpc) is 2.50. The minimum Gasteiger partial charge on any atom is -0.301 e. The maximum Gasteiger partial charge on any atom is 0.00950 e. The van der Waals surface area contributed by atoms with E-state index in [4.69, 9.17) is 0 Å². The second kappa shape index (κ2) is 16.3. The van der Waals surface area contributed by atoms with Gasteiger partial charge in [-0.15, -0.1) is 0 Å². The highest BCUT2D eigenvalue weighted by Gasteiger charge is 2.14. The van der Waals surface area contributed by atoms with Crippen LogP contribution in [0.2, 0.25) is 0 Å². The van der Waals surface area contributed by atoms with Crippen molar-refractivity contribution in [2.24, 2.45) is 0 Å². The van der Waals surface area contributed by atoms with Crippen LogP contribution in [0, 0.1) is 0 Å². The van der Waals surface area contributed by atoms with Gasteiger partial charge in [0, 0.05) is 6.04 Å². The molecule has 0 aliphatic heterocycles. The van der Waals surface area contributed by atoms with Crippen molar-refractivity contribution in [3.05, 3.63) is 0 Å². The molecule has 0 fully saturated rings. The summed E-state index contributed by atoms with van der Waals surface area (Å²) in [6.07, 6.45) is 18.6. The third-order valence-corrected chi connectivity index (χ3v) is 4.86. The van der Waals surface area contributed by atoms with Crippen molar-refractivity contribution >= 4 is 0 Å². The van der Waals surface area contributed by atoms with Gasteiger partial charge in [-0.2, -0.15) is 0 Å². The highest BCUT2D eigenvalue weighted by Crippen LogP contribution is 2.18. The quantitative estimate of drug-likeness (QED) is 0.283. The summed E-state index contributed by atoms with van der Waals surface area (Å²) in [5.74, 6) is 0. The molecule has 0 bridgehead atoms. The zero-order chi connectivity index (χ0) is 15.8. The van der Waals surface area contributed by atoms with Crippen molar-refractivity contribution in [1.29, 1.82) is 0 Å². The molecule has 1 heteroatoms. The highest BCUT2D eigenvalue weighted by atomic mass is 15.1. The molecule has 21 heavy (non-hydrogen) atoms. The summed E-state index contributed by atoms with van der Waals surface area (Å²) in [6, 6.07) is 0.854. The molecule has 0 saturated carbocycles. The van der Waals surface area contributed by atoms with Crippen molar-refractivity contribution in [3.63, 3.8) is 0 Å². The molecule has 0 aromatic rings. The van der Waals surface area contributed by atoms with Gasteiger partial charge in [0.2, 0.25) is 0 Å². The molecule has 0 aliphatic carbocycles. The zero-order valence-electron chi connectivity index (χ0n) is 15.6. The Morgan fingerprint density at radius 2 is 0.905 bits per heavy atom. The Bertz CT molecular complexity index is 186. The highest BCUT2D eigenvalue weighted by molar-refractivity contribution is 4.70. The number of rotatable bonds is 16. The van der Waals surface area contributed by atoms with Crippen LogP contribution in [0.5, 0.6) is 0 Å². The Hall–Kier alpha value is -0.0400. The second-order valence-corrected chi connectivity index (χ2v) is 6.63. The molecule has 128 valence electrons. The first-order valence-corrected chi connectivity index (χ1v) is 10.0. The van der Waals surface area contributed by atoms with E-state index in [1.165, 1.54) is 96.6 Å². The van der Waals surface area contributed by atoms with E-state index in [0.29, 0.717) is 0 Å². The molecule has 0 heterocycles. The van der Waals surface area contributed by atoms with Crippen molar-refractivity contribution in [3.8, 4) is 0 Å². The van der Waals surface area contributed by atoms with E-state index in [9.17, 15) is 0 Å². The third kappa shape index (κ3) is 12.2. The van der Waals surface area contributed by atoms with E-state index in [-0.39, 0.29) is 0 Å². The topological polar surface area (TPSA) is 3.24 Å². The Labute approximate surface area is 135 Å². The van der Waals surface area contributed by atoms with E-state index in [2.05, 4.69) is 32.6 Å². The predicted octanol–water partition coefficient (Wildman–Crippen LogP) is 6.81. The summed E-state index contributed by atoms with van der Waals surface area (Å²) in [4.78, 5) is 2.70. The van der Waals surface area contributed by atoms with Gasteiger partial charge < -0.3 is 4.90 Å². The van der Waals surface area contributed by atoms with E-state index >= 15 is 0 Å². The molecular formula is C20H43N. The van der Waals surface area contributed by atoms with Gasteiger partial charge in [0.1, 0.15) is 0 Å². The van der Waals surface area contributed by atoms with Crippen LogP contribution in [0.1, 0.15) is 111 Å². The van der Waals surface area contributed by atoms with Crippen molar-refractivity contribution < 1.29 is 0 Å². The van der Waals surface area contributed by atoms with E-state index in [0.717, 1.165) is 6.04 Å². The average molecular weight is 298 g/mol. The minimum atomic E-state index is 0.854. The van der Waals surface area contributed by atoms with Gasteiger partial charge >= 0.3 is 0 Å². The Morgan fingerprint density at radius 1 is 0.524 bits per heavy atom. The summed E-state index contributed by atoms with van der Waals surface area (Å²) < 4.78 is 0. The lowest BCUT2D eigenvalue weighted by molar-refractivity contribution is 0.188. The summed E-state index contributed by atoms with van der Waals surface area (Å²) in [6.45, 7) is 11.7. The first kappa shape index (κ1) is 21.0. The van der Waals surface area contributed by atoms with Gasteiger partial charge in [0.25, 0.3) is 0 Å². The standard InChI is InChI=1S/C20H43N/c1-5-9-11-13-15-17-19-20(21(7-3)8-4)18-16-14-12-10-6-2/h20H,5-19H2,1-4H3. The third-order valence-electron chi connectivity index (χ3n) is 4.86. The molecular weight excluding hydrogens is 254 g/mol. The van der Waals surface area contributed by atoms with E-state index < -0.39 is 0 Å². The monoisotopic (exact) mass is 297 g/mol.